The lowest BCUT2D eigenvalue weighted by Gasteiger charge is -2.36. The maximum absolute atomic E-state index is 11.2. The van der Waals surface area contributed by atoms with Gasteiger partial charge >= 0.3 is 6.09 Å². The van der Waals surface area contributed by atoms with Crippen LogP contribution in [0.3, 0.4) is 0 Å². The van der Waals surface area contributed by atoms with Gasteiger partial charge in [0.25, 0.3) is 0 Å². The van der Waals surface area contributed by atoms with Gasteiger partial charge < -0.3 is 20.5 Å². The predicted octanol–water partition coefficient (Wildman–Crippen LogP) is 0.385. The van der Waals surface area contributed by atoms with Crippen molar-refractivity contribution in [3.63, 3.8) is 0 Å². The maximum atomic E-state index is 11.2. The zero-order valence-electron chi connectivity index (χ0n) is 14.9. The van der Waals surface area contributed by atoms with Gasteiger partial charge in [0, 0.05) is 44.1 Å². The number of carbonyl (C=O) groups excluding carboxylic acids is 1. The van der Waals surface area contributed by atoms with Crippen LogP contribution in [0.25, 0.3) is 5.82 Å². The summed E-state index contributed by atoms with van der Waals surface area (Å²) in [6.07, 6.45) is 7.86. The van der Waals surface area contributed by atoms with E-state index in [4.69, 9.17) is 10.8 Å². The van der Waals surface area contributed by atoms with Crippen LogP contribution in [0, 0.1) is 5.92 Å². The Kier molecular flexibility index (Phi) is 5.97. The highest BCUT2D eigenvalue weighted by Gasteiger charge is 2.27. The van der Waals surface area contributed by atoms with E-state index in [-0.39, 0.29) is 25.0 Å². The summed E-state index contributed by atoms with van der Waals surface area (Å²) in [4.78, 5) is 37.7. The van der Waals surface area contributed by atoms with Crippen molar-refractivity contribution in [3.05, 3.63) is 31.1 Å². The summed E-state index contributed by atoms with van der Waals surface area (Å²) in [5, 5.41) is 9.13. The van der Waals surface area contributed by atoms with Crippen molar-refractivity contribution in [2.75, 3.05) is 31.1 Å². The number of amides is 1. The zero-order chi connectivity index (χ0) is 19.2. The summed E-state index contributed by atoms with van der Waals surface area (Å²) < 4.78 is 1.82. The monoisotopic (exact) mass is 373 g/mol. The number of nitrogens with zero attached hydrogens (tertiary/aromatic N) is 6. The molecule has 1 fully saturated rings. The molecule has 27 heavy (non-hydrogen) atoms. The second-order valence-corrected chi connectivity index (χ2v) is 6.55. The minimum atomic E-state index is -1.12. The highest BCUT2D eigenvalue weighted by atomic mass is 16.4. The number of hydrogen-bond acceptors (Lipinski definition) is 7. The number of anilines is 1. The van der Waals surface area contributed by atoms with Gasteiger partial charge in [0.15, 0.2) is 0 Å². The van der Waals surface area contributed by atoms with Crippen LogP contribution in [0.15, 0.2) is 31.1 Å². The van der Waals surface area contributed by atoms with E-state index >= 15 is 0 Å². The molecule has 0 spiro atoms. The van der Waals surface area contributed by atoms with Gasteiger partial charge in [-0.05, 0) is 18.8 Å². The Hall–Kier alpha value is -3.01. The number of rotatable bonds is 7. The third-order valence-electron chi connectivity index (χ3n) is 4.87. The second-order valence-electron chi connectivity index (χ2n) is 6.55. The first-order valence-electron chi connectivity index (χ1n) is 8.81. The van der Waals surface area contributed by atoms with Crippen molar-refractivity contribution < 1.29 is 14.7 Å². The summed E-state index contributed by atoms with van der Waals surface area (Å²) in [5.41, 5.74) is 6.21. The van der Waals surface area contributed by atoms with Crippen LogP contribution in [0.5, 0.6) is 0 Å². The number of piperidine rings is 1. The largest absolute Gasteiger partial charge is 0.465 e. The van der Waals surface area contributed by atoms with Gasteiger partial charge in [-0.15, -0.1) is 0 Å². The number of nitrogens with two attached hydrogens (primary N) is 1. The Morgan fingerprint density at radius 1 is 1.37 bits per heavy atom. The van der Waals surface area contributed by atoms with Crippen LogP contribution in [0.1, 0.15) is 12.8 Å². The van der Waals surface area contributed by atoms with Crippen molar-refractivity contribution in [2.24, 2.45) is 11.7 Å². The number of hydrogen-bond donors (Lipinski definition) is 2. The van der Waals surface area contributed by atoms with E-state index in [1.807, 2.05) is 16.8 Å². The van der Waals surface area contributed by atoms with Crippen LogP contribution in [0.2, 0.25) is 0 Å². The maximum Gasteiger partial charge on any atom is 0.407 e. The molecule has 10 nitrogen and oxygen atoms in total. The Balaban J connectivity index is 1.58. The highest BCUT2D eigenvalue weighted by molar-refractivity contribution is 5.69. The van der Waals surface area contributed by atoms with Crippen LogP contribution in [0.4, 0.5) is 10.6 Å². The van der Waals surface area contributed by atoms with E-state index in [1.54, 1.807) is 12.5 Å². The lowest BCUT2D eigenvalue weighted by atomic mass is 9.89. The van der Waals surface area contributed by atoms with Crippen molar-refractivity contribution in [3.8, 4) is 5.82 Å². The summed E-state index contributed by atoms with van der Waals surface area (Å²) in [6.45, 7) is 1.57. The molecule has 10 heteroatoms. The molecular formula is C17H23N7O3. The minimum absolute atomic E-state index is 0.153. The molecule has 1 atom stereocenters. The first-order chi connectivity index (χ1) is 13.1. The molecular weight excluding hydrogens is 350 g/mol. The number of aldehydes is 1. The molecule has 2 aromatic heterocycles. The molecule has 3 N–H and O–H groups in total. The molecule has 0 saturated carbocycles. The van der Waals surface area contributed by atoms with Gasteiger partial charge in [0.1, 0.15) is 30.6 Å². The van der Waals surface area contributed by atoms with Gasteiger partial charge in [-0.2, -0.15) is 0 Å². The zero-order valence-corrected chi connectivity index (χ0v) is 14.9. The molecule has 1 amide bonds. The Labute approximate surface area is 156 Å². The van der Waals surface area contributed by atoms with Gasteiger partial charge in [0.2, 0.25) is 0 Å². The van der Waals surface area contributed by atoms with Gasteiger partial charge in [0.05, 0.1) is 6.54 Å². The van der Waals surface area contributed by atoms with Gasteiger partial charge in [-0.1, -0.05) is 0 Å². The van der Waals surface area contributed by atoms with Gasteiger partial charge in [-0.25, -0.2) is 19.7 Å². The fraction of sp³-hybridized carbons (Fsp3) is 0.471. The summed E-state index contributed by atoms with van der Waals surface area (Å²) in [7, 11) is 0. The molecule has 1 saturated heterocycles. The van der Waals surface area contributed by atoms with Gasteiger partial charge in [-0.3, -0.25) is 9.47 Å². The van der Waals surface area contributed by atoms with Crippen LogP contribution in [-0.2, 0) is 4.79 Å². The fourth-order valence-electron chi connectivity index (χ4n) is 3.33. The fourth-order valence-corrected chi connectivity index (χ4v) is 3.33. The second kappa shape index (κ2) is 8.58. The third kappa shape index (κ3) is 4.59. The van der Waals surface area contributed by atoms with Crippen LogP contribution in [-0.4, -0.2) is 74.1 Å². The molecule has 0 radical (unpaired) electrons. The smallest absolute Gasteiger partial charge is 0.407 e. The number of aromatic nitrogens is 4. The van der Waals surface area contributed by atoms with E-state index in [1.165, 1.54) is 6.33 Å². The molecule has 1 unspecified atom stereocenters. The molecule has 1 aliphatic heterocycles. The summed E-state index contributed by atoms with van der Waals surface area (Å²) in [5.74, 6) is 1.79. The molecule has 0 aromatic carbocycles. The van der Waals surface area contributed by atoms with Crippen molar-refractivity contribution in [1.82, 2.24) is 24.4 Å². The molecule has 0 aliphatic carbocycles. The first-order valence-corrected chi connectivity index (χ1v) is 8.81. The summed E-state index contributed by atoms with van der Waals surface area (Å²) >= 11 is 0. The Morgan fingerprint density at radius 3 is 2.74 bits per heavy atom. The van der Waals surface area contributed by atoms with Crippen molar-refractivity contribution in [2.45, 2.75) is 18.9 Å². The highest BCUT2D eigenvalue weighted by Crippen LogP contribution is 2.24. The number of carboxylic acid groups (broad SMARTS) is 1. The minimum Gasteiger partial charge on any atom is -0.465 e. The average Bonchev–Trinajstić information content (AvgIpc) is 3.22. The molecule has 2 aromatic rings. The normalized spacial score (nSPS) is 16.1. The standard InChI is InChI=1S/C17H23N7O3/c18-14(10-23(7-8-25)17(26)27)13-1-4-22(5-2-13)15-9-16(21-11-20-15)24-6-3-19-12-24/h3,6,8-9,11-14H,1-2,4-5,7,10,18H2,(H,26,27). The quantitative estimate of drug-likeness (QED) is 0.666. The molecule has 0 bridgehead atoms. The van der Waals surface area contributed by atoms with Crippen molar-refractivity contribution >= 4 is 18.2 Å². The Bertz CT molecular complexity index is 760. The number of carbonyl (C=O) groups is 2. The summed E-state index contributed by atoms with van der Waals surface area (Å²) in [6, 6.07) is 1.62. The lowest BCUT2D eigenvalue weighted by molar-refractivity contribution is -0.108. The average molecular weight is 373 g/mol. The van der Waals surface area contributed by atoms with E-state index in [9.17, 15) is 9.59 Å². The topological polar surface area (TPSA) is 130 Å². The SMILES string of the molecule is NC(CN(CC=O)C(=O)O)C1CCN(c2cc(-n3ccnc3)ncn2)CC1. The predicted molar refractivity (Wildman–Crippen MR) is 97.7 cm³/mol. The lowest BCUT2D eigenvalue weighted by Crippen LogP contribution is -2.48. The first kappa shape index (κ1) is 18.8. The van der Waals surface area contributed by atoms with Crippen molar-refractivity contribution in [1.29, 1.82) is 0 Å². The molecule has 1 aliphatic rings. The molecule has 144 valence electrons. The van der Waals surface area contributed by atoms with E-state index in [2.05, 4.69) is 19.9 Å². The van der Waals surface area contributed by atoms with Crippen LogP contribution >= 0.6 is 0 Å². The van der Waals surface area contributed by atoms with E-state index in [0.29, 0.717) is 6.29 Å². The van der Waals surface area contributed by atoms with E-state index in [0.717, 1.165) is 42.5 Å². The third-order valence-corrected chi connectivity index (χ3v) is 4.87. The molecule has 3 rings (SSSR count). The van der Waals surface area contributed by atoms with E-state index < -0.39 is 6.09 Å². The Morgan fingerprint density at radius 2 is 2.11 bits per heavy atom. The van der Waals surface area contributed by atoms with Crippen LogP contribution < -0.4 is 10.6 Å². The number of imidazole rings is 1. The molecule has 3 heterocycles.